The predicted octanol–water partition coefficient (Wildman–Crippen LogP) is 1.22. The molecule has 17 heavy (non-hydrogen) atoms. The van der Waals surface area contributed by atoms with Crippen molar-refractivity contribution >= 4 is 5.84 Å². The minimum absolute atomic E-state index is 0.185. The van der Waals surface area contributed by atoms with Crippen molar-refractivity contribution in [2.45, 2.75) is 13.0 Å². The number of hydrogen-bond acceptors (Lipinski definition) is 3. The van der Waals surface area contributed by atoms with Gasteiger partial charge in [-0.2, -0.15) is 5.10 Å². The Morgan fingerprint density at radius 1 is 1.29 bits per heavy atom. The Morgan fingerprint density at radius 2 is 2.06 bits per heavy atom. The number of hydrogen-bond donors (Lipinski definition) is 2. The average molecular weight is 230 g/mol. The normalized spacial score (nSPS) is 11.6. The van der Waals surface area contributed by atoms with Gasteiger partial charge in [-0.05, 0) is 11.1 Å². The first kappa shape index (κ1) is 11.2. The molecule has 2 aromatic rings. The fourth-order valence-corrected chi connectivity index (χ4v) is 1.60. The van der Waals surface area contributed by atoms with Crippen LogP contribution in [-0.2, 0) is 13.0 Å². The summed E-state index contributed by atoms with van der Waals surface area (Å²) in [4.78, 5) is 0. The molecule has 5 nitrogen and oxygen atoms in total. The molecule has 0 fully saturated rings. The van der Waals surface area contributed by atoms with Crippen LogP contribution in [0.3, 0.4) is 0 Å². The molecule has 88 valence electrons. The minimum Gasteiger partial charge on any atom is -0.409 e. The summed E-state index contributed by atoms with van der Waals surface area (Å²) in [7, 11) is 0. The van der Waals surface area contributed by atoms with E-state index in [1.807, 2.05) is 41.2 Å². The predicted molar refractivity (Wildman–Crippen MR) is 64.9 cm³/mol. The Bertz CT molecular complexity index is 504. The Balaban J connectivity index is 2.04. The number of benzene rings is 1. The monoisotopic (exact) mass is 230 g/mol. The van der Waals surface area contributed by atoms with Crippen molar-refractivity contribution in [3.05, 3.63) is 53.9 Å². The summed E-state index contributed by atoms with van der Waals surface area (Å²) in [5.41, 5.74) is 7.54. The van der Waals surface area contributed by atoms with Gasteiger partial charge in [0.05, 0.1) is 12.7 Å². The van der Waals surface area contributed by atoms with Crippen LogP contribution in [0.1, 0.15) is 11.1 Å². The Labute approximate surface area is 99.2 Å². The first-order valence-corrected chi connectivity index (χ1v) is 5.29. The summed E-state index contributed by atoms with van der Waals surface area (Å²) in [6, 6.07) is 10.1. The van der Waals surface area contributed by atoms with Gasteiger partial charge in [0, 0.05) is 12.6 Å². The van der Waals surface area contributed by atoms with Crippen molar-refractivity contribution in [1.29, 1.82) is 0 Å². The highest BCUT2D eigenvalue weighted by molar-refractivity contribution is 5.81. The highest BCUT2D eigenvalue weighted by atomic mass is 16.4. The molecule has 0 unspecified atom stereocenters. The van der Waals surface area contributed by atoms with Crippen LogP contribution in [0.2, 0.25) is 0 Å². The molecule has 0 bridgehead atoms. The number of aromatic nitrogens is 2. The molecule has 5 heteroatoms. The maximum atomic E-state index is 8.47. The lowest BCUT2D eigenvalue weighted by molar-refractivity contribution is 0.317. The van der Waals surface area contributed by atoms with Crippen molar-refractivity contribution in [3.8, 4) is 0 Å². The molecule has 1 aromatic heterocycles. The molecule has 0 amide bonds. The van der Waals surface area contributed by atoms with Crippen LogP contribution in [0, 0.1) is 0 Å². The summed E-state index contributed by atoms with van der Waals surface area (Å²) in [6.45, 7) is 0.719. The molecule has 0 aliphatic heterocycles. The lowest BCUT2D eigenvalue weighted by Gasteiger charge is -2.00. The molecule has 0 radical (unpaired) electrons. The number of oxime groups is 1. The summed E-state index contributed by atoms with van der Waals surface area (Å²) in [6.07, 6.45) is 4.03. The van der Waals surface area contributed by atoms with Gasteiger partial charge < -0.3 is 10.9 Å². The number of rotatable bonds is 4. The fraction of sp³-hybridized carbons (Fsp3) is 0.167. The van der Waals surface area contributed by atoms with E-state index >= 15 is 0 Å². The lowest BCUT2D eigenvalue weighted by Crippen LogP contribution is -2.14. The van der Waals surface area contributed by atoms with E-state index in [0.717, 1.165) is 12.1 Å². The molecule has 0 aliphatic carbocycles. The highest BCUT2D eigenvalue weighted by Crippen LogP contribution is 2.04. The quantitative estimate of drug-likeness (QED) is 0.359. The van der Waals surface area contributed by atoms with E-state index in [4.69, 9.17) is 10.9 Å². The topological polar surface area (TPSA) is 76.4 Å². The zero-order chi connectivity index (χ0) is 12.1. The summed E-state index contributed by atoms with van der Waals surface area (Å²) in [5.74, 6) is 0.185. The Kier molecular flexibility index (Phi) is 3.40. The van der Waals surface area contributed by atoms with E-state index in [0.29, 0.717) is 6.42 Å². The third-order valence-electron chi connectivity index (χ3n) is 2.39. The van der Waals surface area contributed by atoms with E-state index in [2.05, 4.69) is 10.3 Å². The molecule has 0 atom stereocenters. The third kappa shape index (κ3) is 3.07. The van der Waals surface area contributed by atoms with E-state index in [9.17, 15) is 0 Å². The van der Waals surface area contributed by atoms with Gasteiger partial charge in [-0.15, -0.1) is 0 Å². The molecule has 1 heterocycles. The van der Waals surface area contributed by atoms with Gasteiger partial charge in [-0.1, -0.05) is 35.5 Å². The van der Waals surface area contributed by atoms with Crippen LogP contribution in [-0.4, -0.2) is 20.8 Å². The van der Waals surface area contributed by atoms with Crippen LogP contribution >= 0.6 is 0 Å². The van der Waals surface area contributed by atoms with Crippen molar-refractivity contribution in [2.75, 3.05) is 0 Å². The van der Waals surface area contributed by atoms with Crippen molar-refractivity contribution in [1.82, 2.24) is 9.78 Å². The molecule has 0 aliphatic rings. The zero-order valence-electron chi connectivity index (χ0n) is 9.32. The summed E-state index contributed by atoms with van der Waals surface area (Å²) in [5, 5.41) is 15.6. The first-order chi connectivity index (χ1) is 8.28. The summed E-state index contributed by atoms with van der Waals surface area (Å²) >= 11 is 0. The van der Waals surface area contributed by atoms with E-state index < -0.39 is 0 Å². The number of nitrogens with zero attached hydrogens (tertiary/aromatic N) is 3. The van der Waals surface area contributed by atoms with E-state index in [1.165, 1.54) is 5.56 Å². The molecule has 3 N–H and O–H groups in total. The van der Waals surface area contributed by atoms with Crippen LogP contribution in [0.5, 0.6) is 0 Å². The van der Waals surface area contributed by atoms with Crippen molar-refractivity contribution in [2.24, 2.45) is 10.9 Å². The van der Waals surface area contributed by atoms with Gasteiger partial charge in [0.2, 0.25) is 0 Å². The first-order valence-electron chi connectivity index (χ1n) is 5.29. The second kappa shape index (κ2) is 5.16. The molecule has 0 saturated carbocycles. The van der Waals surface area contributed by atoms with Crippen LogP contribution < -0.4 is 5.73 Å². The molecular formula is C12H14N4O. The third-order valence-corrected chi connectivity index (χ3v) is 2.39. The van der Waals surface area contributed by atoms with Gasteiger partial charge in [0.1, 0.15) is 5.84 Å². The lowest BCUT2D eigenvalue weighted by atomic mass is 10.2. The van der Waals surface area contributed by atoms with E-state index in [1.54, 1.807) is 6.20 Å². The average Bonchev–Trinajstić information content (AvgIpc) is 2.77. The van der Waals surface area contributed by atoms with Gasteiger partial charge in [-0.25, -0.2) is 0 Å². The SMILES string of the molecule is N/C(Cc1cnn(Cc2ccccc2)c1)=N\O. The number of amidine groups is 1. The second-order valence-corrected chi connectivity index (χ2v) is 3.80. The standard InChI is InChI=1S/C12H14N4O/c13-12(15-17)6-11-7-14-16(9-11)8-10-4-2-1-3-5-10/h1-5,7,9,17H,6,8H2,(H2,13,15). The number of nitrogens with two attached hydrogens (primary N) is 1. The Morgan fingerprint density at radius 3 is 2.76 bits per heavy atom. The zero-order valence-corrected chi connectivity index (χ0v) is 9.32. The Hall–Kier alpha value is -2.30. The van der Waals surface area contributed by atoms with Gasteiger partial charge in [0.25, 0.3) is 0 Å². The molecule has 2 rings (SSSR count). The van der Waals surface area contributed by atoms with Crippen molar-refractivity contribution < 1.29 is 5.21 Å². The van der Waals surface area contributed by atoms with Gasteiger partial charge in [0.15, 0.2) is 0 Å². The molecule has 1 aromatic carbocycles. The molecular weight excluding hydrogens is 216 g/mol. The van der Waals surface area contributed by atoms with Gasteiger partial charge >= 0.3 is 0 Å². The molecule has 0 saturated heterocycles. The van der Waals surface area contributed by atoms with Crippen LogP contribution in [0.4, 0.5) is 0 Å². The summed E-state index contributed by atoms with van der Waals surface area (Å²) < 4.78 is 1.83. The minimum atomic E-state index is 0.185. The van der Waals surface area contributed by atoms with Gasteiger partial charge in [-0.3, -0.25) is 4.68 Å². The smallest absolute Gasteiger partial charge is 0.143 e. The largest absolute Gasteiger partial charge is 0.409 e. The van der Waals surface area contributed by atoms with Crippen molar-refractivity contribution in [3.63, 3.8) is 0 Å². The fourth-order valence-electron chi connectivity index (χ4n) is 1.60. The second-order valence-electron chi connectivity index (χ2n) is 3.80. The van der Waals surface area contributed by atoms with Crippen LogP contribution in [0.15, 0.2) is 47.9 Å². The van der Waals surface area contributed by atoms with E-state index in [-0.39, 0.29) is 5.84 Å². The highest BCUT2D eigenvalue weighted by Gasteiger charge is 2.02. The van der Waals surface area contributed by atoms with Crippen LogP contribution in [0.25, 0.3) is 0 Å². The maximum absolute atomic E-state index is 8.47. The maximum Gasteiger partial charge on any atom is 0.143 e. The molecule has 0 spiro atoms.